The largest absolute Gasteiger partial charge is 0.379 e. The Balaban J connectivity index is 1.42. The molecule has 9 heteroatoms. The van der Waals surface area contributed by atoms with Gasteiger partial charge in [0.25, 0.3) is 11.8 Å². The second-order valence-electron chi connectivity index (χ2n) is 9.56. The lowest BCUT2D eigenvalue weighted by Crippen LogP contribution is -2.46. The molecule has 1 atom stereocenters. The summed E-state index contributed by atoms with van der Waals surface area (Å²) < 4.78 is 20.1. The van der Waals surface area contributed by atoms with Crippen molar-refractivity contribution >= 4 is 29.1 Å². The van der Waals surface area contributed by atoms with Crippen LogP contribution in [0.15, 0.2) is 84.0 Å². The van der Waals surface area contributed by atoms with Crippen LogP contribution in [0.3, 0.4) is 0 Å². The number of hydrazone groups is 1. The Morgan fingerprint density at radius 3 is 2.41 bits per heavy atom. The fourth-order valence-electron chi connectivity index (χ4n) is 4.91. The molecule has 2 amide bonds. The minimum atomic E-state index is -0.412. The summed E-state index contributed by atoms with van der Waals surface area (Å²) >= 11 is 6.35. The van der Waals surface area contributed by atoms with Crippen LogP contribution in [0, 0.1) is 5.82 Å². The maximum absolute atomic E-state index is 14.7. The molecule has 39 heavy (non-hydrogen) atoms. The maximum atomic E-state index is 14.7. The van der Waals surface area contributed by atoms with Gasteiger partial charge in [0.1, 0.15) is 12.4 Å². The van der Waals surface area contributed by atoms with E-state index in [1.54, 1.807) is 42.5 Å². The van der Waals surface area contributed by atoms with Crippen LogP contribution < -0.4 is 0 Å². The molecule has 5 rings (SSSR count). The van der Waals surface area contributed by atoms with Gasteiger partial charge in [0.2, 0.25) is 0 Å². The minimum absolute atomic E-state index is 0.189. The SMILES string of the molecule is O=C(c1ccccc1Cl)N(CCN1CCOCC1)CC(=O)N1N=C(c2ccccc2F)C[C@H]1c1ccccc1. The van der Waals surface area contributed by atoms with Crippen LogP contribution >= 0.6 is 11.6 Å². The summed E-state index contributed by atoms with van der Waals surface area (Å²) in [5, 5.41) is 6.33. The molecule has 7 nitrogen and oxygen atoms in total. The van der Waals surface area contributed by atoms with E-state index in [0.29, 0.717) is 54.6 Å². The normalized spacial score (nSPS) is 17.6. The lowest BCUT2D eigenvalue weighted by molar-refractivity contribution is -0.133. The van der Waals surface area contributed by atoms with Crippen molar-refractivity contribution in [2.24, 2.45) is 5.10 Å². The Kier molecular flexibility index (Phi) is 8.66. The zero-order valence-electron chi connectivity index (χ0n) is 21.5. The summed E-state index contributed by atoms with van der Waals surface area (Å²) in [5.74, 6) is -1.06. The third-order valence-electron chi connectivity index (χ3n) is 7.04. The van der Waals surface area contributed by atoms with E-state index < -0.39 is 11.9 Å². The van der Waals surface area contributed by atoms with Crippen molar-refractivity contribution in [3.8, 4) is 0 Å². The Hall–Kier alpha value is -3.59. The van der Waals surface area contributed by atoms with Gasteiger partial charge in [-0.05, 0) is 23.8 Å². The predicted molar refractivity (Wildman–Crippen MR) is 148 cm³/mol. The first-order valence-electron chi connectivity index (χ1n) is 13.0. The molecule has 2 aliphatic rings. The van der Waals surface area contributed by atoms with Crippen LogP contribution in [0.1, 0.15) is 33.9 Å². The fraction of sp³-hybridized carbons (Fsp3) is 0.300. The monoisotopic (exact) mass is 548 g/mol. The van der Waals surface area contributed by atoms with Gasteiger partial charge in [0.15, 0.2) is 0 Å². The molecule has 202 valence electrons. The smallest absolute Gasteiger partial charge is 0.262 e. The van der Waals surface area contributed by atoms with Crippen molar-refractivity contribution < 1.29 is 18.7 Å². The quantitative estimate of drug-likeness (QED) is 0.412. The highest BCUT2D eigenvalue weighted by atomic mass is 35.5. The number of carbonyl (C=O) groups excluding carboxylic acids is 2. The molecule has 0 aliphatic carbocycles. The van der Waals surface area contributed by atoms with Crippen molar-refractivity contribution in [3.63, 3.8) is 0 Å². The van der Waals surface area contributed by atoms with Gasteiger partial charge in [0, 0.05) is 38.2 Å². The van der Waals surface area contributed by atoms with Crippen molar-refractivity contribution in [1.82, 2.24) is 14.8 Å². The number of halogens is 2. The number of morpholine rings is 1. The first-order chi connectivity index (χ1) is 19.0. The average Bonchev–Trinajstić information content (AvgIpc) is 3.42. The molecule has 0 radical (unpaired) electrons. The number of benzene rings is 3. The molecule has 0 aromatic heterocycles. The van der Waals surface area contributed by atoms with Crippen LogP contribution in [0.4, 0.5) is 4.39 Å². The van der Waals surface area contributed by atoms with Gasteiger partial charge < -0.3 is 9.64 Å². The van der Waals surface area contributed by atoms with E-state index in [-0.39, 0.29) is 18.4 Å². The second-order valence-corrected chi connectivity index (χ2v) is 9.96. The molecular formula is C30H30ClFN4O3. The number of hydrogen-bond donors (Lipinski definition) is 0. The summed E-state index contributed by atoms with van der Waals surface area (Å²) in [4.78, 5) is 31.2. The summed E-state index contributed by atoms with van der Waals surface area (Å²) in [5.41, 5.74) is 2.08. The number of nitrogens with zero attached hydrogens (tertiary/aromatic N) is 4. The van der Waals surface area contributed by atoms with E-state index in [1.165, 1.54) is 16.0 Å². The Morgan fingerprint density at radius 2 is 1.67 bits per heavy atom. The Bertz CT molecular complexity index is 1350. The van der Waals surface area contributed by atoms with Gasteiger partial charge in [-0.2, -0.15) is 5.10 Å². The molecule has 2 heterocycles. The Labute approximate surface area is 232 Å². The molecule has 0 saturated carbocycles. The minimum Gasteiger partial charge on any atom is -0.379 e. The first kappa shape index (κ1) is 27.0. The average molecular weight is 549 g/mol. The van der Waals surface area contributed by atoms with Gasteiger partial charge in [-0.3, -0.25) is 14.5 Å². The summed E-state index contributed by atoms with van der Waals surface area (Å²) in [6.07, 6.45) is 0.364. The molecule has 0 bridgehead atoms. The molecule has 0 N–H and O–H groups in total. The van der Waals surface area contributed by atoms with E-state index >= 15 is 0 Å². The third kappa shape index (κ3) is 6.36. The first-order valence-corrected chi connectivity index (χ1v) is 13.4. The summed E-state index contributed by atoms with van der Waals surface area (Å²) in [6.45, 7) is 3.55. The van der Waals surface area contributed by atoms with E-state index in [4.69, 9.17) is 16.3 Å². The zero-order valence-corrected chi connectivity index (χ0v) is 22.3. The van der Waals surface area contributed by atoms with Crippen LogP contribution in [-0.4, -0.2) is 78.3 Å². The van der Waals surface area contributed by atoms with Crippen molar-refractivity contribution in [1.29, 1.82) is 0 Å². The lowest BCUT2D eigenvalue weighted by Gasteiger charge is -2.31. The van der Waals surface area contributed by atoms with Crippen LogP contribution in [0.2, 0.25) is 5.02 Å². The molecule has 1 fully saturated rings. The number of rotatable bonds is 8. The highest BCUT2D eigenvalue weighted by Gasteiger charge is 2.35. The number of carbonyl (C=O) groups is 2. The van der Waals surface area contributed by atoms with Crippen LogP contribution in [0.25, 0.3) is 0 Å². The Morgan fingerprint density at radius 1 is 0.974 bits per heavy atom. The van der Waals surface area contributed by atoms with Crippen molar-refractivity contribution in [2.75, 3.05) is 45.9 Å². The summed E-state index contributed by atoms with van der Waals surface area (Å²) in [6, 6.07) is 22.4. The zero-order chi connectivity index (χ0) is 27.2. The molecule has 0 unspecified atom stereocenters. The lowest BCUT2D eigenvalue weighted by atomic mass is 9.98. The highest BCUT2D eigenvalue weighted by Crippen LogP contribution is 2.33. The standard InChI is InChI=1S/C30H30ClFN4O3/c31-25-12-6-4-10-23(25)30(38)35(15-14-34-16-18-39-19-17-34)21-29(37)36-28(22-8-2-1-3-9-22)20-27(33-36)24-11-5-7-13-26(24)32/h1-13,28H,14-21H2/t28-/m0/s1. The third-order valence-corrected chi connectivity index (χ3v) is 7.37. The van der Waals surface area contributed by atoms with Gasteiger partial charge >= 0.3 is 0 Å². The molecule has 0 spiro atoms. The highest BCUT2D eigenvalue weighted by molar-refractivity contribution is 6.33. The van der Waals surface area contributed by atoms with Gasteiger partial charge in [-0.1, -0.05) is 72.3 Å². The fourth-order valence-corrected chi connectivity index (χ4v) is 5.13. The topological polar surface area (TPSA) is 65.5 Å². The molecule has 3 aromatic rings. The van der Waals surface area contributed by atoms with E-state index in [2.05, 4.69) is 10.0 Å². The van der Waals surface area contributed by atoms with Gasteiger partial charge in [-0.15, -0.1) is 0 Å². The molecule has 1 saturated heterocycles. The second kappa shape index (κ2) is 12.5. The van der Waals surface area contributed by atoms with E-state index in [0.717, 1.165) is 18.7 Å². The van der Waals surface area contributed by atoms with E-state index in [9.17, 15) is 14.0 Å². The maximum Gasteiger partial charge on any atom is 0.262 e. The molecule has 2 aliphatic heterocycles. The predicted octanol–water partition coefficient (Wildman–Crippen LogP) is 4.63. The summed E-state index contributed by atoms with van der Waals surface area (Å²) in [7, 11) is 0. The van der Waals surface area contributed by atoms with Crippen molar-refractivity contribution in [3.05, 3.63) is 106 Å². The number of ether oxygens (including phenoxy) is 1. The number of hydrogen-bond acceptors (Lipinski definition) is 5. The molecule has 3 aromatic carbocycles. The van der Waals surface area contributed by atoms with Gasteiger partial charge in [0.05, 0.1) is 35.6 Å². The van der Waals surface area contributed by atoms with Gasteiger partial charge in [-0.25, -0.2) is 9.40 Å². The van der Waals surface area contributed by atoms with E-state index in [1.807, 2.05) is 30.3 Å². The van der Waals surface area contributed by atoms with Crippen molar-refractivity contribution in [2.45, 2.75) is 12.5 Å². The molecular weight excluding hydrogens is 519 g/mol. The number of amides is 2. The van der Waals surface area contributed by atoms with Crippen LogP contribution in [-0.2, 0) is 9.53 Å². The van der Waals surface area contributed by atoms with Crippen LogP contribution in [0.5, 0.6) is 0 Å².